The summed E-state index contributed by atoms with van der Waals surface area (Å²) in [7, 11) is 1.59. The van der Waals surface area contributed by atoms with Gasteiger partial charge >= 0.3 is 5.97 Å². The number of rotatable bonds is 10. The van der Waals surface area contributed by atoms with Crippen LogP contribution >= 0.6 is 11.3 Å². The van der Waals surface area contributed by atoms with Gasteiger partial charge in [-0.05, 0) is 73.9 Å². The molecule has 0 bridgehead atoms. The third kappa shape index (κ3) is 6.44. The van der Waals surface area contributed by atoms with E-state index in [1.54, 1.807) is 31.6 Å². The van der Waals surface area contributed by atoms with E-state index >= 15 is 0 Å². The second kappa shape index (κ2) is 13.7. The largest absolute Gasteiger partial charge is 0.493 e. The molecule has 240 valence electrons. The molecule has 9 heteroatoms. The fraction of sp³-hybridized carbons (Fsp3) is 0.237. The predicted octanol–water partition coefficient (Wildman–Crippen LogP) is 6.33. The first-order valence-electron chi connectivity index (χ1n) is 15.5. The normalized spacial score (nSPS) is 14.6. The van der Waals surface area contributed by atoms with Gasteiger partial charge in [0, 0.05) is 5.56 Å². The highest BCUT2D eigenvalue weighted by Gasteiger charge is 2.35. The van der Waals surface area contributed by atoms with Crippen LogP contribution in [0.5, 0.6) is 17.2 Å². The number of fused-ring (bicyclic) bond motifs is 2. The molecule has 8 nitrogen and oxygen atoms in total. The smallest absolute Gasteiger partial charge is 0.338 e. The second-order valence-electron chi connectivity index (χ2n) is 11.3. The number of esters is 1. The van der Waals surface area contributed by atoms with Crippen LogP contribution in [0.25, 0.3) is 16.8 Å². The van der Waals surface area contributed by atoms with Crippen molar-refractivity contribution in [3.8, 4) is 17.2 Å². The van der Waals surface area contributed by atoms with Crippen LogP contribution in [0.4, 0.5) is 0 Å². The van der Waals surface area contributed by atoms with E-state index in [1.165, 1.54) is 11.3 Å². The van der Waals surface area contributed by atoms with Crippen molar-refractivity contribution in [3.05, 3.63) is 133 Å². The zero-order valence-corrected chi connectivity index (χ0v) is 27.8. The van der Waals surface area contributed by atoms with Gasteiger partial charge in [0.15, 0.2) is 16.3 Å². The Labute approximate surface area is 276 Å². The Morgan fingerprint density at radius 2 is 1.74 bits per heavy atom. The van der Waals surface area contributed by atoms with Crippen molar-refractivity contribution in [2.24, 2.45) is 4.99 Å². The summed E-state index contributed by atoms with van der Waals surface area (Å²) in [5.41, 5.74) is 3.03. The predicted molar refractivity (Wildman–Crippen MR) is 184 cm³/mol. The summed E-state index contributed by atoms with van der Waals surface area (Å²) < 4.78 is 25.5. The van der Waals surface area contributed by atoms with Gasteiger partial charge in [-0.1, -0.05) is 78.1 Å². The maximum absolute atomic E-state index is 14.2. The van der Waals surface area contributed by atoms with Crippen LogP contribution < -0.4 is 29.1 Å². The number of nitrogens with zero attached hydrogens (tertiary/aromatic N) is 2. The third-order valence-electron chi connectivity index (χ3n) is 7.84. The Bertz CT molecular complexity index is 2170. The van der Waals surface area contributed by atoms with E-state index in [0.29, 0.717) is 50.0 Å². The molecule has 47 heavy (non-hydrogen) atoms. The van der Waals surface area contributed by atoms with Gasteiger partial charge in [0.2, 0.25) is 0 Å². The number of carbonyl (C=O) groups excluding carboxylic acids is 1. The van der Waals surface area contributed by atoms with Crippen molar-refractivity contribution in [2.75, 3.05) is 13.7 Å². The molecule has 0 radical (unpaired) electrons. The molecule has 5 aromatic rings. The van der Waals surface area contributed by atoms with Crippen LogP contribution in [-0.2, 0) is 16.1 Å². The minimum atomic E-state index is -0.776. The van der Waals surface area contributed by atoms with E-state index in [1.807, 2.05) is 74.5 Å². The molecule has 0 amide bonds. The molecule has 1 atom stereocenters. The molecule has 0 aliphatic carbocycles. The molecule has 0 unspecified atom stereocenters. The van der Waals surface area contributed by atoms with Gasteiger partial charge in [0.25, 0.3) is 5.56 Å². The number of hydrogen-bond acceptors (Lipinski definition) is 8. The second-order valence-corrected chi connectivity index (χ2v) is 12.4. The van der Waals surface area contributed by atoms with Crippen LogP contribution in [0.3, 0.4) is 0 Å². The van der Waals surface area contributed by atoms with Gasteiger partial charge in [-0.25, -0.2) is 9.79 Å². The van der Waals surface area contributed by atoms with Crippen LogP contribution in [0, 0.1) is 0 Å². The summed E-state index contributed by atoms with van der Waals surface area (Å²) in [5.74, 6) is 1.21. The van der Waals surface area contributed by atoms with Crippen LogP contribution in [0.1, 0.15) is 50.4 Å². The summed E-state index contributed by atoms with van der Waals surface area (Å²) in [6, 6.07) is 26.6. The number of allylic oxidation sites excluding steroid dienone is 1. The first-order valence-corrected chi connectivity index (χ1v) is 16.3. The van der Waals surface area contributed by atoms with Crippen molar-refractivity contribution >= 4 is 34.2 Å². The number of methoxy groups -OCH3 is 1. The Hall–Kier alpha value is -5.15. The van der Waals surface area contributed by atoms with Crippen molar-refractivity contribution in [2.45, 2.75) is 46.4 Å². The molecule has 1 aromatic heterocycles. The average Bonchev–Trinajstić information content (AvgIpc) is 3.37. The Morgan fingerprint density at radius 1 is 0.979 bits per heavy atom. The van der Waals surface area contributed by atoms with E-state index in [9.17, 15) is 9.59 Å². The Morgan fingerprint density at radius 3 is 2.53 bits per heavy atom. The molecule has 0 N–H and O–H groups in total. The lowest BCUT2D eigenvalue weighted by atomic mass is 9.95. The summed E-state index contributed by atoms with van der Waals surface area (Å²) in [6.45, 7) is 7.96. The number of carbonyl (C=O) groups is 1. The van der Waals surface area contributed by atoms with Gasteiger partial charge in [-0.15, -0.1) is 0 Å². The zero-order valence-electron chi connectivity index (χ0n) is 27.0. The number of ether oxygens (including phenoxy) is 4. The molecule has 1 aliphatic rings. The first-order chi connectivity index (χ1) is 22.8. The minimum Gasteiger partial charge on any atom is -0.493 e. The van der Waals surface area contributed by atoms with E-state index in [-0.39, 0.29) is 18.3 Å². The number of thiazole rings is 1. The molecule has 0 saturated carbocycles. The monoisotopic (exact) mass is 648 g/mol. The summed E-state index contributed by atoms with van der Waals surface area (Å²) in [6.07, 6.45) is 1.69. The molecule has 0 saturated heterocycles. The molecule has 0 spiro atoms. The lowest BCUT2D eigenvalue weighted by molar-refractivity contribution is -0.139. The highest BCUT2D eigenvalue weighted by Crippen LogP contribution is 2.36. The van der Waals surface area contributed by atoms with Crippen LogP contribution in [-0.4, -0.2) is 30.4 Å². The molecule has 6 rings (SSSR count). The number of hydrogen-bond donors (Lipinski definition) is 0. The molecular weight excluding hydrogens is 612 g/mol. The fourth-order valence-electron chi connectivity index (χ4n) is 5.77. The van der Waals surface area contributed by atoms with Gasteiger partial charge in [-0.3, -0.25) is 9.36 Å². The molecule has 1 aliphatic heterocycles. The highest BCUT2D eigenvalue weighted by atomic mass is 32.1. The van der Waals surface area contributed by atoms with Crippen LogP contribution in [0.15, 0.2) is 106 Å². The van der Waals surface area contributed by atoms with E-state index in [0.717, 1.165) is 21.9 Å². The standard InChI is InChI=1S/C38H36N2O6S/c1-6-44-37(42)34-24(4)39-38-40(35(34)29-16-9-10-17-30(29)46-23(2)3)36(41)33(47-38)21-25-18-19-31(32(20-25)43-5)45-22-27-14-11-13-26-12-7-8-15-28(26)27/h7-21,23,35H,6,22H2,1-5H3/b33-21+/t35-/m1/s1. The summed E-state index contributed by atoms with van der Waals surface area (Å²) in [5, 5.41) is 2.29. The SMILES string of the molecule is CCOC(=O)C1=C(C)N=c2s/c(=C/c3ccc(OCc4cccc5ccccc45)c(OC)c3)c(=O)n2[C@@H]1c1ccccc1OC(C)C. The number of benzene rings is 4. The number of aromatic nitrogens is 1. The molecule has 4 aromatic carbocycles. The van der Waals surface area contributed by atoms with Crippen LogP contribution in [0.2, 0.25) is 0 Å². The van der Waals surface area contributed by atoms with Crippen molar-refractivity contribution in [3.63, 3.8) is 0 Å². The Balaban J connectivity index is 1.39. The van der Waals surface area contributed by atoms with Gasteiger partial charge in [-0.2, -0.15) is 0 Å². The summed E-state index contributed by atoms with van der Waals surface area (Å²) >= 11 is 1.26. The van der Waals surface area contributed by atoms with Gasteiger partial charge < -0.3 is 18.9 Å². The zero-order chi connectivity index (χ0) is 33.1. The Kier molecular flexibility index (Phi) is 9.26. The van der Waals surface area contributed by atoms with Crippen molar-refractivity contribution < 1.29 is 23.7 Å². The molecular formula is C38H36N2O6S. The van der Waals surface area contributed by atoms with Crippen molar-refractivity contribution in [1.82, 2.24) is 4.57 Å². The van der Waals surface area contributed by atoms with E-state index in [2.05, 4.69) is 24.3 Å². The quantitative estimate of drug-likeness (QED) is 0.165. The molecule has 0 fully saturated rings. The van der Waals surface area contributed by atoms with E-state index < -0.39 is 12.0 Å². The first kappa shape index (κ1) is 31.8. The highest BCUT2D eigenvalue weighted by molar-refractivity contribution is 7.07. The lowest BCUT2D eigenvalue weighted by Crippen LogP contribution is -2.40. The van der Waals surface area contributed by atoms with Gasteiger partial charge in [0.1, 0.15) is 18.4 Å². The van der Waals surface area contributed by atoms with Crippen molar-refractivity contribution in [1.29, 1.82) is 0 Å². The van der Waals surface area contributed by atoms with E-state index in [4.69, 9.17) is 23.9 Å². The maximum Gasteiger partial charge on any atom is 0.338 e. The molecule has 2 heterocycles. The topological polar surface area (TPSA) is 88.4 Å². The third-order valence-corrected chi connectivity index (χ3v) is 8.82. The van der Waals surface area contributed by atoms with Gasteiger partial charge in [0.05, 0.1) is 35.6 Å². The number of para-hydroxylation sites is 1. The fourth-order valence-corrected chi connectivity index (χ4v) is 6.82. The lowest BCUT2D eigenvalue weighted by Gasteiger charge is -2.26. The summed E-state index contributed by atoms with van der Waals surface area (Å²) in [4.78, 5) is 32.7. The average molecular weight is 649 g/mol. The maximum atomic E-state index is 14.2. The minimum absolute atomic E-state index is 0.114.